The maximum absolute atomic E-state index is 12.7. The van der Waals surface area contributed by atoms with E-state index in [1.54, 1.807) is 35.0 Å². The van der Waals surface area contributed by atoms with Gasteiger partial charge in [0, 0.05) is 17.9 Å². The number of nitriles is 1. The topological polar surface area (TPSA) is 76.4 Å². The summed E-state index contributed by atoms with van der Waals surface area (Å²) in [4.78, 5) is 28.1. The zero-order valence-electron chi connectivity index (χ0n) is 15.4. The van der Waals surface area contributed by atoms with Crippen molar-refractivity contribution in [2.45, 2.75) is 6.42 Å². The average molecular weight is 419 g/mol. The van der Waals surface area contributed by atoms with Crippen molar-refractivity contribution >= 4 is 46.4 Å². The first-order valence-electron chi connectivity index (χ1n) is 8.56. The van der Waals surface area contributed by atoms with Gasteiger partial charge in [0.15, 0.2) is 0 Å². The van der Waals surface area contributed by atoms with Gasteiger partial charge < -0.3 is 10.2 Å². The lowest BCUT2D eigenvalue weighted by molar-refractivity contribution is -0.121. The third-order valence-electron chi connectivity index (χ3n) is 3.84. The van der Waals surface area contributed by atoms with Gasteiger partial charge in [-0.15, -0.1) is 0 Å². The van der Waals surface area contributed by atoms with Crippen molar-refractivity contribution in [2.75, 3.05) is 36.9 Å². The zero-order chi connectivity index (χ0) is 20.5. The fraction of sp³-hybridized carbons (Fsp3) is 0.250. The minimum Gasteiger partial charge on any atom is -0.325 e. The second-order valence-electron chi connectivity index (χ2n) is 6.14. The molecule has 0 heterocycles. The Morgan fingerprint density at radius 1 is 1.07 bits per heavy atom. The summed E-state index contributed by atoms with van der Waals surface area (Å²) >= 11 is 11.8. The highest BCUT2D eigenvalue weighted by Gasteiger charge is 2.18. The van der Waals surface area contributed by atoms with E-state index in [1.165, 1.54) is 0 Å². The summed E-state index contributed by atoms with van der Waals surface area (Å²) in [5, 5.41) is 12.3. The number of halogens is 2. The number of benzene rings is 2. The predicted octanol–water partition coefficient (Wildman–Crippen LogP) is 3.81. The fourth-order valence-corrected chi connectivity index (χ4v) is 2.86. The Bertz CT molecular complexity index is 868. The molecule has 2 amide bonds. The van der Waals surface area contributed by atoms with Gasteiger partial charge in [-0.3, -0.25) is 14.5 Å². The van der Waals surface area contributed by atoms with Gasteiger partial charge in [-0.1, -0.05) is 41.4 Å². The fourth-order valence-electron chi connectivity index (χ4n) is 2.56. The van der Waals surface area contributed by atoms with Crippen molar-refractivity contribution in [3.05, 3.63) is 58.6 Å². The van der Waals surface area contributed by atoms with Crippen LogP contribution < -0.4 is 10.2 Å². The number of carbonyl (C=O) groups is 2. The van der Waals surface area contributed by atoms with E-state index in [0.717, 1.165) is 5.69 Å². The van der Waals surface area contributed by atoms with Crippen LogP contribution in [0.5, 0.6) is 0 Å². The van der Waals surface area contributed by atoms with Crippen molar-refractivity contribution in [1.82, 2.24) is 4.90 Å². The SMILES string of the molecule is CN(CC(=O)Nc1ccc(Cl)c(Cl)c1)CC(=O)N(CCC#N)c1ccccc1. The minimum absolute atomic E-state index is 0.0207. The molecule has 0 unspecified atom stereocenters. The van der Waals surface area contributed by atoms with Gasteiger partial charge in [-0.25, -0.2) is 0 Å². The molecule has 28 heavy (non-hydrogen) atoms. The molecule has 0 saturated carbocycles. The third-order valence-corrected chi connectivity index (χ3v) is 4.58. The van der Waals surface area contributed by atoms with Gasteiger partial charge in [-0.2, -0.15) is 5.26 Å². The lowest BCUT2D eigenvalue weighted by Gasteiger charge is -2.24. The highest BCUT2D eigenvalue weighted by Crippen LogP contribution is 2.25. The number of amides is 2. The summed E-state index contributed by atoms with van der Waals surface area (Å²) in [7, 11) is 1.68. The number of hydrogen-bond acceptors (Lipinski definition) is 4. The minimum atomic E-state index is -0.281. The molecule has 0 aliphatic carbocycles. The van der Waals surface area contributed by atoms with Crippen molar-refractivity contribution < 1.29 is 9.59 Å². The lowest BCUT2D eigenvalue weighted by atomic mass is 10.2. The molecule has 0 atom stereocenters. The van der Waals surface area contributed by atoms with Gasteiger partial charge >= 0.3 is 0 Å². The Kier molecular flexibility index (Phi) is 8.27. The van der Waals surface area contributed by atoms with Crippen molar-refractivity contribution in [3.63, 3.8) is 0 Å². The number of rotatable bonds is 8. The summed E-state index contributed by atoms with van der Waals surface area (Å²) in [5.41, 5.74) is 1.25. The number of para-hydroxylation sites is 1. The van der Waals surface area contributed by atoms with Crippen LogP contribution in [0, 0.1) is 11.3 Å². The molecular weight excluding hydrogens is 399 g/mol. The first-order valence-corrected chi connectivity index (χ1v) is 9.32. The van der Waals surface area contributed by atoms with Crippen LogP contribution >= 0.6 is 23.2 Å². The van der Waals surface area contributed by atoms with Crippen LogP contribution in [0.4, 0.5) is 11.4 Å². The number of likely N-dealkylation sites (N-methyl/N-ethyl adjacent to an activating group) is 1. The van der Waals surface area contributed by atoms with E-state index in [-0.39, 0.29) is 31.3 Å². The lowest BCUT2D eigenvalue weighted by Crippen LogP contribution is -2.42. The molecular formula is C20H20Cl2N4O2. The third kappa shape index (κ3) is 6.54. The van der Waals surface area contributed by atoms with E-state index >= 15 is 0 Å². The molecule has 8 heteroatoms. The first-order chi connectivity index (χ1) is 13.4. The quantitative estimate of drug-likeness (QED) is 0.706. The van der Waals surface area contributed by atoms with Crippen LogP contribution in [0.15, 0.2) is 48.5 Å². The van der Waals surface area contributed by atoms with Crippen LogP contribution in [0.3, 0.4) is 0 Å². The molecule has 0 aliphatic heterocycles. The Labute approximate surface area is 174 Å². The standard InChI is InChI=1S/C20H20Cl2N4O2/c1-25(13-19(27)24-15-8-9-17(21)18(22)12-15)14-20(28)26(11-5-10-23)16-6-3-2-4-7-16/h2-4,6-9,12H,5,11,13-14H2,1H3,(H,24,27). The molecule has 0 spiro atoms. The molecule has 0 aromatic heterocycles. The predicted molar refractivity (Wildman–Crippen MR) is 112 cm³/mol. The summed E-state index contributed by atoms with van der Waals surface area (Å²) in [6.07, 6.45) is 0.224. The van der Waals surface area contributed by atoms with Crippen molar-refractivity contribution in [2.24, 2.45) is 0 Å². The monoisotopic (exact) mass is 418 g/mol. The van der Waals surface area contributed by atoms with Crippen LogP contribution in [0.25, 0.3) is 0 Å². The van der Waals surface area contributed by atoms with Crippen molar-refractivity contribution in [1.29, 1.82) is 5.26 Å². The van der Waals surface area contributed by atoms with Crippen LogP contribution in [-0.4, -0.2) is 43.4 Å². The van der Waals surface area contributed by atoms with E-state index in [4.69, 9.17) is 28.5 Å². The highest BCUT2D eigenvalue weighted by molar-refractivity contribution is 6.42. The largest absolute Gasteiger partial charge is 0.325 e. The normalized spacial score (nSPS) is 10.4. The molecule has 1 N–H and O–H groups in total. The van der Waals surface area contributed by atoms with Gasteiger partial charge in [0.25, 0.3) is 0 Å². The van der Waals surface area contributed by atoms with Gasteiger partial charge in [0.2, 0.25) is 11.8 Å². The van der Waals surface area contributed by atoms with E-state index in [2.05, 4.69) is 11.4 Å². The molecule has 0 fully saturated rings. The summed E-state index contributed by atoms with van der Waals surface area (Å²) < 4.78 is 0. The highest BCUT2D eigenvalue weighted by atomic mass is 35.5. The number of nitrogens with zero attached hydrogens (tertiary/aromatic N) is 3. The molecule has 0 aliphatic rings. The molecule has 0 saturated heterocycles. The van der Waals surface area contributed by atoms with Crippen LogP contribution in [0.2, 0.25) is 10.0 Å². The number of nitrogens with one attached hydrogen (secondary N) is 1. The summed E-state index contributed by atoms with van der Waals surface area (Å²) in [6.45, 7) is 0.352. The van der Waals surface area contributed by atoms with Gasteiger partial charge in [0.1, 0.15) is 0 Å². The van der Waals surface area contributed by atoms with E-state index in [9.17, 15) is 9.59 Å². The summed E-state index contributed by atoms with van der Waals surface area (Å²) in [6, 6.07) is 16.0. The molecule has 2 rings (SSSR count). The van der Waals surface area contributed by atoms with E-state index in [0.29, 0.717) is 22.3 Å². The van der Waals surface area contributed by atoms with Crippen molar-refractivity contribution in [3.8, 4) is 6.07 Å². The average Bonchev–Trinajstić information content (AvgIpc) is 2.65. The molecule has 2 aromatic carbocycles. The molecule has 6 nitrogen and oxygen atoms in total. The van der Waals surface area contributed by atoms with Gasteiger partial charge in [0.05, 0.1) is 35.6 Å². The number of anilines is 2. The molecule has 0 bridgehead atoms. The Morgan fingerprint density at radius 3 is 2.43 bits per heavy atom. The van der Waals surface area contributed by atoms with E-state index < -0.39 is 0 Å². The number of carbonyl (C=O) groups excluding carboxylic acids is 2. The smallest absolute Gasteiger partial charge is 0.241 e. The first kappa shape index (κ1) is 21.7. The second-order valence-corrected chi connectivity index (χ2v) is 6.95. The number of hydrogen-bond donors (Lipinski definition) is 1. The Hall–Kier alpha value is -2.59. The molecule has 0 radical (unpaired) electrons. The van der Waals surface area contributed by atoms with Gasteiger partial charge in [-0.05, 0) is 37.4 Å². The van der Waals surface area contributed by atoms with Crippen LogP contribution in [0.1, 0.15) is 6.42 Å². The Balaban J connectivity index is 1.94. The summed E-state index contributed by atoms with van der Waals surface area (Å²) in [5.74, 6) is -0.469. The van der Waals surface area contributed by atoms with Crippen LogP contribution in [-0.2, 0) is 9.59 Å². The van der Waals surface area contributed by atoms with E-state index in [1.807, 2.05) is 30.3 Å². The zero-order valence-corrected chi connectivity index (χ0v) is 16.9. The maximum atomic E-state index is 12.7. The molecule has 146 valence electrons. The maximum Gasteiger partial charge on any atom is 0.241 e. The molecule has 2 aromatic rings. The second kappa shape index (κ2) is 10.7. The Morgan fingerprint density at radius 2 is 1.79 bits per heavy atom.